The van der Waals surface area contributed by atoms with Gasteiger partial charge in [0.15, 0.2) is 0 Å². The van der Waals surface area contributed by atoms with Crippen LogP contribution in [0.5, 0.6) is 0 Å². The monoisotopic (exact) mass is 285 g/mol. The summed E-state index contributed by atoms with van der Waals surface area (Å²) in [7, 11) is 0. The van der Waals surface area contributed by atoms with Crippen molar-refractivity contribution in [2.24, 2.45) is 0 Å². The van der Waals surface area contributed by atoms with Crippen molar-refractivity contribution in [3.05, 3.63) is 41.5 Å². The van der Waals surface area contributed by atoms with E-state index in [0.29, 0.717) is 11.8 Å². The van der Waals surface area contributed by atoms with Gasteiger partial charge in [0.05, 0.1) is 16.0 Å². The van der Waals surface area contributed by atoms with Crippen molar-refractivity contribution < 1.29 is 4.52 Å². The molecule has 4 nitrogen and oxygen atoms in total. The van der Waals surface area contributed by atoms with Crippen LogP contribution in [0.2, 0.25) is 0 Å². The highest BCUT2D eigenvalue weighted by atomic mass is 32.1. The number of rotatable bonds is 3. The molecular weight excluding hydrogens is 270 g/mol. The van der Waals surface area contributed by atoms with Gasteiger partial charge in [0.1, 0.15) is 5.69 Å². The average Bonchev–Trinajstić information content (AvgIpc) is 3.07. The molecule has 1 aromatic carbocycles. The molecule has 3 rings (SSSR count). The van der Waals surface area contributed by atoms with Crippen LogP contribution < -0.4 is 5.73 Å². The zero-order valence-corrected chi connectivity index (χ0v) is 12.1. The first kappa shape index (κ1) is 12.9. The van der Waals surface area contributed by atoms with Crippen LogP contribution in [-0.4, -0.2) is 10.1 Å². The number of aromatic nitrogens is 2. The number of anilines is 1. The zero-order valence-electron chi connectivity index (χ0n) is 11.3. The molecule has 0 saturated heterocycles. The Hall–Kier alpha value is -2.14. The number of thiazole rings is 1. The number of nitrogens with two attached hydrogens (primary N) is 1. The lowest BCUT2D eigenvalue weighted by Gasteiger charge is -2.06. The van der Waals surface area contributed by atoms with Crippen molar-refractivity contribution in [1.82, 2.24) is 10.1 Å². The maximum absolute atomic E-state index is 5.93. The lowest BCUT2D eigenvalue weighted by Crippen LogP contribution is -1.89. The number of nitrogens with zero attached hydrogens (tertiary/aromatic N) is 2. The molecule has 20 heavy (non-hydrogen) atoms. The summed E-state index contributed by atoms with van der Waals surface area (Å²) < 4.78 is 5.16. The van der Waals surface area contributed by atoms with Crippen LogP contribution in [0.1, 0.15) is 25.3 Å². The Kier molecular flexibility index (Phi) is 3.28. The van der Waals surface area contributed by atoms with Crippen LogP contribution >= 0.6 is 11.3 Å². The third-order valence-electron chi connectivity index (χ3n) is 3.25. The van der Waals surface area contributed by atoms with Gasteiger partial charge in [-0.25, -0.2) is 0 Å². The molecule has 0 aliphatic heterocycles. The molecule has 2 aromatic heterocycles. The molecule has 0 unspecified atom stereocenters. The van der Waals surface area contributed by atoms with E-state index in [2.05, 4.69) is 48.3 Å². The second-order valence-electron chi connectivity index (χ2n) is 4.91. The molecule has 0 aliphatic rings. The predicted octanol–water partition coefficient (Wildman–Crippen LogP) is 4.17. The lowest BCUT2D eigenvalue weighted by molar-refractivity contribution is 0.439. The van der Waals surface area contributed by atoms with Crippen molar-refractivity contribution >= 4 is 17.2 Å². The van der Waals surface area contributed by atoms with Gasteiger partial charge in [-0.05, 0) is 17.0 Å². The van der Waals surface area contributed by atoms with Gasteiger partial charge in [0.2, 0.25) is 5.88 Å². The molecule has 0 amide bonds. The van der Waals surface area contributed by atoms with Gasteiger partial charge >= 0.3 is 0 Å². The smallest absolute Gasteiger partial charge is 0.230 e. The molecular formula is C15H15N3OS. The molecule has 0 spiro atoms. The third-order valence-corrected chi connectivity index (χ3v) is 4.03. The molecule has 0 aliphatic carbocycles. The average molecular weight is 285 g/mol. The van der Waals surface area contributed by atoms with E-state index in [1.165, 1.54) is 16.9 Å². The molecule has 2 heterocycles. The largest absolute Gasteiger partial charge is 0.367 e. The van der Waals surface area contributed by atoms with Crippen molar-refractivity contribution in [1.29, 1.82) is 0 Å². The van der Waals surface area contributed by atoms with Gasteiger partial charge in [-0.15, -0.1) is 11.3 Å². The van der Waals surface area contributed by atoms with Gasteiger partial charge < -0.3 is 10.3 Å². The van der Waals surface area contributed by atoms with Crippen LogP contribution in [0.3, 0.4) is 0 Å². The van der Waals surface area contributed by atoms with E-state index >= 15 is 0 Å². The van der Waals surface area contributed by atoms with Crippen LogP contribution in [-0.2, 0) is 0 Å². The molecule has 102 valence electrons. The normalized spacial score (nSPS) is 11.2. The molecule has 0 bridgehead atoms. The SMILES string of the molecule is CC(C)c1ccc(-c2c(-c3cncs3)noc2N)cc1. The maximum atomic E-state index is 5.93. The van der Waals surface area contributed by atoms with E-state index in [0.717, 1.165) is 21.7 Å². The fraction of sp³-hybridized carbons (Fsp3) is 0.200. The lowest BCUT2D eigenvalue weighted by atomic mass is 9.98. The summed E-state index contributed by atoms with van der Waals surface area (Å²) in [4.78, 5) is 5.03. The van der Waals surface area contributed by atoms with E-state index in [-0.39, 0.29) is 0 Å². The summed E-state index contributed by atoms with van der Waals surface area (Å²) in [5.41, 5.74) is 11.6. The highest BCUT2D eigenvalue weighted by molar-refractivity contribution is 7.13. The molecule has 2 N–H and O–H groups in total. The summed E-state index contributed by atoms with van der Waals surface area (Å²) in [6.45, 7) is 4.34. The van der Waals surface area contributed by atoms with Crippen molar-refractivity contribution in [2.45, 2.75) is 19.8 Å². The summed E-state index contributed by atoms with van der Waals surface area (Å²) >= 11 is 1.52. The first-order chi connectivity index (χ1) is 9.66. The molecule has 0 fully saturated rings. The first-order valence-corrected chi connectivity index (χ1v) is 7.29. The minimum Gasteiger partial charge on any atom is -0.367 e. The number of hydrogen-bond acceptors (Lipinski definition) is 5. The highest BCUT2D eigenvalue weighted by Crippen LogP contribution is 2.37. The van der Waals surface area contributed by atoms with Crippen LogP contribution in [0.25, 0.3) is 21.7 Å². The van der Waals surface area contributed by atoms with E-state index in [9.17, 15) is 0 Å². The minimum absolute atomic E-state index is 0.339. The van der Waals surface area contributed by atoms with E-state index in [1.54, 1.807) is 11.7 Å². The number of hydrogen-bond donors (Lipinski definition) is 1. The summed E-state index contributed by atoms with van der Waals surface area (Å²) in [6.07, 6.45) is 1.77. The highest BCUT2D eigenvalue weighted by Gasteiger charge is 2.18. The van der Waals surface area contributed by atoms with Crippen molar-refractivity contribution in [2.75, 3.05) is 5.73 Å². The Morgan fingerprint density at radius 2 is 1.95 bits per heavy atom. The van der Waals surface area contributed by atoms with Gasteiger partial charge in [-0.1, -0.05) is 43.3 Å². The molecule has 3 aromatic rings. The van der Waals surface area contributed by atoms with Crippen LogP contribution in [0.15, 0.2) is 40.5 Å². The first-order valence-electron chi connectivity index (χ1n) is 6.41. The van der Waals surface area contributed by atoms with E-state index in [1.807, 2.05) is 0 Å². The van der Waals surface area contributed by atoms with Gasteiger partial charge in [0.25, 0.3) is 0 Å². The minimum atomic E-state index is 0.339. The van der Waals surface area contributed by atoms with Crippen molar-refractivity contribution in [3.8, 4) is 21.7 Å². The van der Waals surface area contributed by atoms with Crippen LogP contribution in [0, 0.1) is 0 Å². The Labute approximate surface area is 121 Å². The van der Waals surface area contributed by atoms with E-state index in [4.69, 9.17) is 10.3 Å². The topological polar surface area (TPSA) is 64.9 Å². The molecule has 0 atom stereocenters. The Bertz CT molecular complexity index is 699. The zero-order chi connectivity index (χ0) is 14.1. The summed E-state index contributed by atoms with van der Waals surface area (Å²) in [5.74, 6) is 0.843. The van der Waals surface area contributed by atoms with Crippen molar-refractivity contribution in [3.63, 3.8) is 0 Å². The Morgan fingerprint density at radius 3 is 2.55 bits per heavy atom. The fourth-order valence-corrected chi connectivity index (χ4v) is 2.73. The standard InChI is InChI=1S/C15H15N3OS/c1-9(2)10-3-5-11(6-4-10)13-14(18-19-15(13)16)12-7-17-8-20-12/h3-9H,16H2,1-2H3. The second kappa shape index (κ2) is 5.09. The second-order valence-corrected chi connectivity index (χ2v) is 5.80. The number of benzene rings is 1. The summed E-state index contributed by atoms with van der Waals surface area (Å²) in [6, 6.07) is 8.34. The van der Waals surface area contributed by atoms with Gasteiger partial charge in [-0.2, -0.15) is 0 Å². The van der Waals surface area contributed by atoms with Crippen LogP contribution in [0.4, 0.5) is 5.88 Å². The van der Waals surface area contributed by atoms with E-state index < -0.39 is 0 Å². The molecule has 5 heteroatoms. The van der Waals surface area contributed by atoms with Gasteiger partial charge in [-0.3, -0.25) is 4.98 Å². The Balaban J connectivity index is 2.08. The summed E-state index contributed by atoms with van der Waals surface area (Å²) in [5, 5.41) is 4.06. The predicted molar refractivity (Wildman–Crippen MR) is 81.5 cm³/mol. The molecule has 0 saturated carbocycles. The third kappa shape index (κ3) is 2.20. The number of nitrogen functional groups attached to an aromatic ring is 1. The van der Waals surface area contributed by atoms with Gasteiger partial charge in [0, 0.05) is 6.20 Å². The Morgan fingerprint density at radius 1 is 1.20 bits per heavy atom. The quantitative estimate of drug-likeness (QED) is 0.784. The fourth-order valence-electron chi connectivity index (χ4n) is 2.12. The molecule has 0 radical (unpaired) electrons. The maximum Gasteiger partial charge on any atom is 0.230 e.